The molecule has 0 radical (unpaired) electrons. The van der Waals surface area contributed by atoms with E-state index in [1.54, 1.807) is 11.3 Å². The first kappa shape index (κ1) is 12.7. The first-order valence-corrected chi connectivity index (χ1v) is 7.72. The number of carbonyl (C=O) groups excluding carboxylic acids is 2. The fourth-order valence-corrected chi connectivity index (χ4v) is 4.04. The quantitative estimate of drug-likeness (QED) is 0.895. The number of hydrogen-bond donors (Lipinski definition) is 1. The van der Waals surface area contributed by atoms with Crippen molar-refractivity contribution in [2.45, 2.75) is 32.2 Å². The summed E-state index contributed by atoms with van der Waals surface area (Å²) in [5.74, 6) is -0.0246. The molecular weight excluding hydrogens is 260 g/mol. The summed E-state index contributed by atoms with van der Waals surface area (Å²) in [6.45, 7) is 3.41. The normalized spacial score (nSPS) is 26.2. The van der Waals surface area contributed by atoms with Crippen LogP contribution < -0.4 is 5.32 Å². The van der Waals surface area contributed by atoms with Crippen LogP contribution in [0, 0.1) is 5.92 Å². The molecule has 19 heavy (non-hydrogen) atoms. The molecular formula is C14H18N2O2S. The predicted octanol–water partition coefficient (Wildman–Crippen LogP) is 1.72. The Morgan fingerprint density at radius 2 is 2.42 bits per heavy atom. The molecule has 5 heteroatoms. The Kier molecular flexibility index (Phi) is 3.31. The number of carbonyl (C=O) groups is 2. The van der Waals surface area contributed by atoms with Crippen molar-refractivity contribution in [1.82, 2.24) is 10.2 Å². The molecule has 102 valence electrons. The van der Waals surface area contributed by atoms with Gasteiger partial charge in [0.15, 0.2) is 0 Å². The second-order valence-corrected chi connectivity index (χ2v) is 6.21. The van der Waals surface area contributed by atoms with Gasteiger partial charge in [0.2, 0.25) is 11.8 Å². The van der Waals surface area contributed by atoms with Gasteiger partial charge in [0.25, 0.3) is 0 Å². The predicted molar refractivity (Wildman–Crippen MR) is 73.9 cm³/mol. The van der Waals surface area contributed by atoms with Crippen molar-refractivity contribution < 1.29 is 9.59 Å². The van der Waals surface area contributed by atoms with E-state index in [2.05, 4.69) is 23.7 Å². The summed E-state index contributed by atoms with van der Waals surface area (Å²) in [6, 6.07) is 2.34. The minimum Gasteiger partial charge on any atom is -0.355 e. The van der Waals surface area contributed by atoms with Crippen molar-refractivity contribution in [3.05, 3.63) is 21.9 Å². The van der Waals surface area contributed by atoms with E-state index in [-0.39, 0.29) is 23.8 Å². The van der Waals surface area contributed by atoms with Gasteiger partial charge >= 0.3 is 0 Å². The van der Waals surface area contributed by atoms with Crippen LogP contribution in [0.4, 0.5) is 0 Å². The van der Waals surface area contributed by atoms with E-state index in [9.17, 15) is 9.59 Å². The molecule has 2 unspecified atom stereocenters. The number of fused-ring (bicyclic) bond motifs is 1. The van der Waals surface area contributed by atoms with Gasteiger partial charge in [-0.2, -0.15) is 0 Å². The van der Waals surface area contributed by atoms with E-state index in [0.29, 0.717) is 13.0 Å². The van der Waals surface area contributed by atoms with Crippen LogP contribution in [-0.2, 0) is 16.0 Å². The standard InChI is InChI=1S/C14H18N2O2S/c1-2-11-10-4-6-19-12(10)3-5-16(11)14(18)9-7-13(17)15-8-9/h4,6,9,11H,2-3,5,7-8H2,1H3,(H,15,17). The Balaban J connectivity index is 1.81. The molecule has 1 aromatic heterocycles. The van der Waals surface area contributed by atoms with Crippen LogP contribution in [0.3, 0.4) is 0 Å². The molecule has 0 aromatic carbocycles. The fourth-order valence-electron chi connectivity index (χ4n) is 3.11. The summed E-state index contributed by atoms with van der Waals surface area (Å²) < 4.78 is 0. The van der Waals surface area contributed by atoms with Crippen LogP contribution in [0.5, 0.6) is 0 Å². The summed E-state index contributed by atoms with van der Waals surface area (Å²) in [5, 5.41) is 4.87. The molecule has 2 aliphatic rings. The lowest BCUT2D eigenvalue weighted by Gasteiger charge is -2.36. The monoisotopic (exact) mass is 278 g/mol. The zero-order valence-electron chi connectivity index (χ0n) is 11.0. The molecule has 1 aromatic rings. The zero-order valence-corrected chi connectivity index (χ0v) is 11.8. The molecule has 2 aliphatic heterocycles. The molecule has 1 fully saturated rings. The van der Waals surface area contributed by atoms with E-state index in [0.717, 1.165) is 19.4 Å². The molecule has 4 nitrogen and oxygen atoms in total. The van der Waals surface area contributed by atoms with E-state index >= 15 is 0 Å². The van der Waals surface area contributed by atoms with Gasteiger partial charge in [-0.05, 0) is 29.9 Å². The van der Waals surface area contributed by atoms with Crippen LogP contribution in [0.2, 0.25) is 0 Å². The van der Waals surface area contributed by atoms with Crippen LogP contribution in [0.1, 0.15) is 36.2 Å². The number of nitrogens with zero attached hydrogens (tertiary/aromatic N) is 1. The van der Waals surface area contributed by atoms with Gasteiger partial charge in [-0.3, -0.25) is 9.59 Å². The summed E-state index contributed by atoms with van der Waals surface area (Å²) in [6.07, 6.45) is 2.23. The third kappa shape index (κ3) is 2.16. The molecule has 0 bridgehead atoms. The lowest BCUT2D eigenvalue weighted by atomic mass is 9.95. The first-order valence-electron chi connectivity index (χ1n) is 6.84. The van der Waals surface area contributed by atoms with Crippen molar-refractivity contribution in [2.75, 3.05) is 13.1 Å². The number of hydrogen-bond acceptors (Lipinski definition) is 3. The average molecular weight is 278 g/mol. The molecule has 3 heterocycles. The molecule has 0 spiro atoms. The average Bonchev–Trinajstić information content (AvgIpc) is 3.04. The number of rotatable bonds is 2. The number of amides is 2. The molecule has 2 atom stereocenters. The minimum atomic E-state index is -0.165. The van der Waals surface area contributed by atoms with Gasteiger partial charge in [-0.15, -0.1) is 11.3 Å². The highest BCUT2D eigenvalue weighted by Gasteiger charge is 2.36. The van der Waals surface area contributed by atoms with Crippen LogP contribution in [-0.4, -0.2) is 29.8 Å². The molecule has 0 aliphatic carbocycles. The van der Waals surface area contributed by atoms with Crippen LogP contribution in [0.25, 0.3) is 0 Å². The summed E-state index contributed by atoms with van der Waals surface area (Å²) in [4.78, 5) is 27.3. The highest BCUT2D eigenvalue weighted by Crippen LogP contribution is 2.36. The SMILES string of the molecule is CCC1c2ccsc2CCN1C(=O)C1CNC(=O)C1. The Labute approximate surface area is 116 Å². The zero-order chi connectivity index (χ0) is 13.4. The minimum absolute atomic E-state index is 0.000342. The van der Waals surface area contributed by atoms with E-state index in [4.69, 9.17) is 0 Å². The highest BCUT2D eigenvalue weighted by atomic mass is 32.1. The maximum Gasteiger partial charge on any atom is 0.228 e. The highest BCUT2D eigenvalue weighted by molar-refractivity contribution is 7.10. The van der Waals surface area contributed by atoms with E-state index in [1.165, 1.54) is 10.4 Å². The first-order chi connectivity index (χ1) is 9.20. The second kappa shape index (κ2) is 4.96. The molecule has 1 saturated heterocycles. The lowest BCUT2D eigenvalue weighted by molar-refractivity contribution is -0.138. The third-order valence-electron chi connectivity index (χ3n) is 4.09. The summed E-state index contributed by atoms with van der Waals surface area (Å²) in [5.41, 5.74) is 1.31. The van der Waals surface area contributed by atoms with Crippen molar-refractivity contribution in [2.24, 2.45) is 5.92 Å². The number of thiophene rings is 1. The smallest absolute Gasteiger partial charge is 0.228 e. The Morgan fingerprint density at radius 3 is 3.11 bits per heavy atom. The van der Waals surface area contributed by atoms with Crippen LogP contribution >= 0.6 is 11.3 Å². The fraction of sp³-hybridized carbons (Fsp3) is 0.571. The number of nitrogens with one attached hydrogen (secondary N) is 1. The van der Waals surface area contributed by atoms with Gasteiger partial charge in [-0.25, -0.2) is 0 Å². The Morgan fingerprint density at radius 1 is 1.58 bits per heavy atom. The Hall–Kier alpha value is -1.36. The van der Waals surface area contributed by atoms with Gasteiger partial charge in [0, 0.05) is 24.4 Å². The largest absolute Gasteiger partial charge is 0.355 e. The maximum absolute atomic E-state index is 12.6. The molecule has 1 N–H and O–H groups in total. The van der Waals surface area contributed by atoms with Crippen LogP contribution in [0.15, 0.2) is 11.4 Å². The van der Waals surface area contributed by atoms with Crippen molar-refractivity contribution >= 4 is 23.2 Å². The Bertz CT molecular complexity index is 511. The van der Waals surface area contributed by atoms with Gasteiger partial charge in [0.05, 0.1) is 12.0 Å². The topological polar surface area (TPSA) is 49.4 Å². The van der Waals surface area contributed by atoms with E-state index in [1.807, 2.05) is 4.90 Å². The third-order valence-corrected chi connectivity index (χ3v) is 5.09. The van der Waals surface area contributed by atoms with Crippen molar-refractivity contribution in [3.63, 3.8) is 0 Å². The molecule has 0 saturated carbocycles. The summed E-state index contributed by atoms with van der Waals surface area (Å²) in [7, 11) is 0. The molecule has 2 amide bonds. The second-order valence-electron chi connectivity index (χ2n) is 5.21. The molecule has 3 rings (SSSR count). The lowest BCUT2D eigenvalue weighted by Crippen LogP contribution is -2.43. The van der Waals surface area contributed by atoms with Gasteiger partial charge in [0.1, 0.15) is 0 Å². The van der Waals surface area contributed by atoms with Crippen molar-refractivity contribution in [1.29, 1.82) is 0 Å². The van der Waals surface area contributed by atoms with Gasteiger partial charge < -0.3 is 10.2 Å². The van der Waals surface area contributed by atoms with Gasteiger partial charge in [-0.1, -0.05) is 6.92 Å². The van der Waals surface area contributed by atoms with Crippen molar-refractivity contribution in [3.8, 4) is 0 Å². The van der Waals surface area contributed by atoms with E-state index < -0.39 is 0 Å². The summed E-state index contributed by atoms with van der Waals surface area (Å²) >= 11 is 1.79. The maximum atomic E-state index is 12.6.